The van der Waals surface area contributed by atoms with Crippen LogP contribution in [0, 0.1) is 17.2 Å². The summed E-state index contributed by atoms with van der Waals surface area (Å²) in [4.78, 5) is 36.1. The van der Waals surface area contributed by atoms with Crippen molar-refractivity contribution < 1.29 is 9.59 Å². The molecule has 1 N–H and O–H groups in total. The number of anilines is 2. The third-order valence-corrected chi connectivity index (χ3v) is 6.41. The number of carbonyl (C=O) groups excluding carboxylic acids is 2. The number of carbonyl (C=O) groups is 2. The molecule has 2 fully saturated rings. The highest BCUT2D eigenvalue weighted by molar-refractivity contribution is 5.92. The average molecular weight is 447 g/mol. The standard InChI is InChI=1S/C25H30N6O2/c26-18-21-6-4-11-27-24(21)31-13-5-12-29(16-17-31)19-23(32)30-14-9-20(10-15-30)25(33)28-22-7-2-1-3-8-22/h1-4,6-8,11,20H,5,9-10,12-17,19H2,(H,28,33). The maximum Gasteiger partial charge on any atom is 0.236 e. The molecule has 4 rings (SSSR count). The predicted molar refractivity (Wildman–Crippen MR) is 127 cm³/mol. The van der Waals surface area contributed by atoms with Crippen molar-refractivity contribution >= 4 is 23.3 Å². The maximum atomic E-state index is 12.9. The first-order valence-corrected chi connectivity index (χ1v) is 11.6. The van der Waals surface area contributed by atoms with Gasteiger partial charge in [-0.3, -0.25) is 14.5 Å². The zero-order chi connectivity index (χ0) is 23.0. The minimum absolute atomic E-state index is 0.0344. The molecule has 2 amide bonds. The van der Waals surface area contributed by atoms with Gasteiger partial charge in [0.05, 0.1) is 12.1 Å². The van der Waals surface area contributed by atoms with Crippen LogP contribution in [0.25, 0.3) is 0 Å². The van der Waals surface area contributed by atoms with Gasteiger partial charge in [-0.25, -0.2) is 4.98 Å². The lowest BCUT2D eigenvalue weighted by Crippen LogP contribution is -2.46. The minimum Gasteiger partial charge on any atom is -0.354 e. The molecule has 0 bridgehead atoms. The number of likely N-dealkylation sites (tertiary alicyclic amines) is 1. The fraction of sp³-hybridized carbons (Fsp3) is 0.440. The van der Waals surface area contributed by atoms with E-state index in [2.05, 4.69) is 26.2 Å². The van der Waals surface area contributed by atoms with Gasteiger partial charge in [0.25, 0.3) is 0 Å². The Kier molecular flexibility index (Phi) is 7.53. The summed E-state index contributed by atoms with van der Waals surface area (Å²) >= 11 is 0. The van der Waals surface area contributed by atoms with Gasteiger partial charge in [0.15, 0.2) is 0 Å². The molecular formula is C25H30N6O2. The summed E-state index contributed by atoms with van der Waals surface area (Å²) < 4.78 is 0. The third kappa shape index (κ3) is 5.88. The predicted octanol–water partition coefficient (Wildman–Crippen LogP) is 2.34. The number of nitrogens with zero attached hydrogens (tertiary/aromatic N) is 5. The van der Waals surface area contributed by atoms with Gasteiger partial charge in [-0.1, -0.05) is 18.2 Å². The van der Waals surface area contributed by atoms with Crippen molar-refractivity contribution in [2.24, 2.45) is 5.92 Å². The highest BCUT2D eigenvalue weighted by Crippen LogP contribution is 2.21. The molecule has 2 aliphatic rings. The van der Waals surface area contributed by atoms with E-state index in [0.29, 0.717) is 38.0 Å². The van der Waals surface area contributed by atoms with Gasteiger partial charge in [0.1, 0.15) is 11.9 Å². The van der Waals surface area contributed by atoms with Crippen LogP contribution < -0.4 is 10.2 Å². The average Bonchev–Trinajstić information content (AvgIpc) is 3.10. The fourth-order valence-corrected chi connectivity index (χ4v) is 4.53. The Bertz CT molecular complexity index is 997. The molecule has 0 spiro atoms. The second kappa shape index (κ2) is 10.9. The molecule has 1 aromatic heterocycles. The number of hydrogen-bond donors (Lipinski definition) is 1. The summed E-state index contributed by atoms with van der Waals surface area (Å²) in [5, 5.41) is 12.3. The lowest BCUT2D eigenvalue weighted by Gasteiger charge is -2.33. The van der Waals surface area contributed by atoms with Gasteiger partial charge < -0.3 is 15.1 Å². The topological polar surface area (TPSA) is 92.6 Å². The zero-order valence-corrected chi connectivity index (χ0v) is 18.8. The van der Waals surface area contributed by atoms with E-state index in [4.69, 9.17) is 0 Å². The quantitative estimate of drug-likeness (QED) is 0.758. The Balaban J connectivity index is 1.24. The van der Waals surface area contributed by atoms with Crippen molar-refractivity contribution in [1.82, 2.24) is 14.8 Å². The molecule has 3 heterocycles. The molecule has 2 aliphatic heterocycles. The van der Waals surface area contributed by atoms with Crippen LogP contribution in [0.1, 0.15) is 24.8 Å². The molecule has 0 radical (unpaired) electrons. The van der Waals surface area contributed by atoms with Crippen LogP contribution in [0.15, 0.2) is 48.7 Å². The normalized spacial score (nSPS) is 17.8. The number of benzene rings is 1. The Labute approximate surface area is 194 Å². The number of aromatic nitrogens is 1. The second-order valence-electron chi connectivity index (χ2n) is 8.61. The zero-order valence-electron chi connectivity index (χ0n) is 18.8. The summed E-state index contributed by atoms with van der Waals surface area (Å²) in [6.07, 6.45) is 4.01. The Hall–Kier alpha value is -3.44. The van der Waals surface area contributed by atoms with E-state index in [-0.39, 0.29) is 17.7 Å². The van der Waals surface area contributed by atoms with Crippen molar-refractivity contribution in [2.45, 2.75) is 19.3 Å². The van der Waals surface area contributed by atoms with Crippen LogP contribution >= 0.6 is 0 Å². The molecule has 0 saturated carbocycles. The molecule has 2 saturated heterocycles. The van der Waals surface area contributed by atoms with Gasteiger partial charge in [0, 0.05) is 57.1 Å². The number of piperidine rings is 1. The molecule has 0 atom stereocenters. The molecule has 0 aliphatic carbocycles. The summed E-state index contributed by atoms with van der Waals surface area (Å²) in [5.41, 5.74) is 1.39. The molecule has 0 unspecified atom stereocenters. The molecule has 1 aromatic carbocycles. The van der Waals surface area contributed by atoms with Gasteiger partial charge >= 0.3 is 0 Å². The first kappa shape index (κ1) is 22.7. The van der Waals surface area contributed by atoms with E-state index in [0.717, 1.165) is 44.1 Å². The molecule has 8 heteroatoms. The van der Waals surface area contributed by atoms with Crippen molar-refractivity contribution in [3.05, 3.63) is 54.2 Å². The highest BCUT2D eigenvalue weighted by atomic mass is 16.2. The highest BCUT2D eigenvalue weighted by Gasteiger charge is 2.28. The van der Waals surface area contributed by atoms with E-state index < -0.39 is 0 Å². The number of rotatable bonds is 5. The van der Waals surface area contributed by atoms with Gasteiger partial charge in [-0.05, 0) is 43.5 Å². The monoisotopic (exact) mass is 446 g/mol. The lowest BCUT2D eigenvalue weighted by atomic mass is 9.95. The number of amides is 2. The molecule has 172 valence electrons. The SMILES string of the molecule is N#Cc1cccnc1N1CCCN(CC(=O)N2CCC(C(=O)Nc3ccccc3)CC2)CC1. The van der Waals surface area contributed by atoms with E-state index in [9.17, 15) is 14.9 Å². The Morgan fingerprint density at radius 3 is 2.55 bits per heavy atom. The van der Waals surface area contributed by atoms with Crippen LogP contribution in [0.2, 0.25) is 0 Å². The van der Waals surface area contributed by atoms with Crippen molar-refractivity contribution in [2.75, 3.05) is 56.0 Å². The number of para-hydroxylation sites is 1. The van der Waals surface area contributed by atoms with Gasteiger partial charge in [-0.2, -0.15) is 5.26 Å². The minimum atomic E-state index is -0.0614. The first-order valence-electron chi connectivity index (χ1n) is 11.6. The van der Waals surface area contributed by atoms with Crippen LogP contribution in [-0.2, 0) is 9.59 Å². The third-order valence-electron chi connectivity index (χ3n) is 6.41. The number of nitriles is 1. The van der Waals surface area contributed by atoms with E-state index in [1.807, 2.05) is 35.2 Å². The van der Waals surface area contributed by atoms with E-state index >= 15 is 0 Å². The van der Waals surface area contributed by atoms with Crippen molar-refractivity contribution in [3.63, 3.8) is 0 Å². The lowest BCUT2D eigenvalue weighted by molar-refractivity contribution is -0.135. The smallest absolute Gasteiger partial charge is 0.236 e. The van der Waals surface area contributed by atoms with Crippen LogP contribution in [0.4, 0.5) is 11.5 Å². The summed E-state index contributed by atoms with van der Waals surface area (Å²) in [7, 11) is 0. The molecule has 33 heavy (non-hydrogen) atoms. The van der Waals surface area contributed by atoms with Crippen LogP contribution in [0.3, 0.4) is 0 Å². The first-order chi connectivity index (χ1) is 16.1. The van der Waals surface area contributed by atoms with Gasteiger partial charge in [-0.15, -0.1) is 0 Å². The number of hydrogen-bond acceptors (Lipinski definition) is 6. The van der Waals surface area contributed by atoms with Gasteiger partial charge in [0.2, 0.25) is 11.8 Å². The summed E-state index contributed by atoms with van der Waals surface area (Å²) in [6.45, 7) is 4.77. The van der Waals surface area contributed by atoms with E-state index in [1.54, 1.807) is 18.3 Å². The largest absolute Gasteiger partial charge is 0.354 e. The second-order valence-corrected chi connectivity index (χ2v) is 8.61. The molecule has 8 nitrogen and oxygen atoms in total. The summed E-state index contributed by atoms with van der Waals surface area (Å²) in [6, 6.07) is 15.3. The molecular weight excluding hydrogens is 416 g/mol. The van der Waals surface area contributed by atoms with Crippen LogP contribution in [0.5, 0.6) is 0 Å². The van der Waals surface area contributed by atoms with Crippen molar-refractivity contribution in [1.29, 1.82) is 5.26 Å². The number of nitrogens with one attached hydrogen (secondary N) is 1. The Morgan fingerprint density at radius 2 is 1.79 bits per heavy atom. The molecule has 2 aromatic rings. The maximum absolute atomic E-state index is 12.9. The number of pyridine rings is 1. The summed E-state index contributed by atoms with van der Waals surface area (Å²) in [5.74, 6) is 0.825. The van der Waals surface area contributed by atoms with Crippen molar-refractivity contribution in [3.8, 4) is 6.07 Å². The van der Waals surface area contributed by atoms with E-state index in [1.165, 1.54) is 0 Å². The van der Waals surface area contributed by atoms with Crippen LogP contribution in [-0.4, -0.2) is 72.4 Å². The Morgan fingerprint density at radius 1 is 1.00 bits per heavy atom. The fourth-order valence-electron chi connectivity index (χ4n) is 4.53.